The van der Waals surface area contributed by atoms with E-state index in [-0.39, 0.29) is 13.0 Å². The third-order valence-electron chi connectivity index (χ3n) is 18.3. The van der Waals surface area contributed by atoms with E-state index in [0.717, 1.165) is 109 Å². The van der Waals surface area contributed by atoms with Gasteiger partial charge in [0.2, 0.25) is 5.91 Å². The number of amides is 1. The number of aliphatic hydroxyl groups is 5. The number of allylic oxidation sites excluding steroid dienone is 13. The van der Waals surface area contributed by atoms with Gasteiger partial charge in [-0.1, -0.05) is 363 Å². The molecule has 0 aliphatic carbocycles. The lowest BCUT2D eigenvalue weighted by atomic mass is 9.99. The predicted octanol–water partition coefficient (Wildman–Crippen LogP) is 21.2. The molecule has 1 aliphatic heterocycles. The molecule has 93 heavy (non-hydrogen) atoms. The van der Waals surface area contributed by atoms with E-state index in [9.17, 15) is 35.1 Å². The molecule has 0 saturated carbocycles. The molecule has 1 rings (SSSR count). The van der Waals surface area contributed by atoms with Crippen molar-refractivity contribution in [3.63, 3.8) is 0 Å². The van der Waals surface area contributed by atoms with Gasteiger partial charge < -0.3 is 45.1 Å². The highest BCUT2D eigenvalue weighted by Gasteiger charge is 2.47. The Bertz CT molecular complexity index is 1840. The van der Waals surface area contributed by atoms with Crippen LogP contribution in [0.3, 0.4) is 0 Å². The van der Waals surface area contributed by atoms with Crippen LogP contribution in [0.2, 0.25) is 0 Å². The van der Waals surface area contributed by atoms with Crippen LogP contribution < -0.4 is 5.32 Å². The predicted molar refractivity (Wildman–Crippen MR) is 393 cm³/mol. The molecule has 1 amide bonds. The van der Waals surface area contributed by atoms with Crippen molar-refractivity contribution in [2.24, 2.45) is 0 Å². The van der Waals surface area contributed by atoms with Crippen molar-refractivity contribution in [3.8, 4) is 0 Å². The third kappa shape index (κ3) is 55.5. The van der Waals surface area contributed by atoms with Gasteiger partial charge in [0.25, 0.3) is 0 Å². The van der Waals surface area contributed by atoms with Gasteiger partial charge in [-0.25, -0.2) is 0 Å². The molecule has 8 atom stereocenters. The first kappa shape index (κ1) is 87.9. The normalized spacial score (nSPS) is 18.3. The lowest BCUT2D eigenvalue weighted by molar-refractivity contribution is -0.305. The first-order valence-electron chi connectivity index (χ1n) is 39.4. The maximum atomic E-state index is 13.5. The summed E-state index contributed by atoms with van der Waals surface area (Å²) >= 11 is 0. The minimum absolute atomic E-state index is 0.111. The number of ether oxygens (including phenoxy) is 3. The molecule has 1 aliphatic rings. The third-order valence-corrected chi connectivity index (χ3v) is 18.3. The van der Waals surface area contributed by atoms with E-state index in [2.05, 4.69) is 99.0 Å². The Balaban J connectivity index is 2.49. The van der Waals surface area contributed by atoms with Crippen molar-refractivity contribution in [1.29, 1.82) is 0 Å². The fourth-order valence-corrected chi connectivity index (χ4v) is 12.2. The summed E-state index contributed by atoms with van der Waals surface area (Å²) < 4.78 is 17.7. The van der Waals surface area contributed by atoms with E-state index < -0.39 is 67.4 Å². The Morgan fingerprint density at radius 1 is 0.430 bits per heavy atom. The highest BCUT2D eigenvalue weighted by Crippen LogP contribution is 2.27. The van der Waals surface area contributed by atoms with Gasteiger partial charge in [0.05, 0.1) is 25.4 Å². The molecule has 6 N–H and O–H groups in total. The number of hydrogen-bond donors (Lipinski definition) is 6. The average Bonchev–Trinajstić information content (AvgIpc) is 0.842. The molecule has 1 heterocycles. The van der Waals surface area contributed by atoms with Crippen LogP contribution in [0.4, 0.5) is 0 Å². The van der Waals surface area contributed by atoms with Gasteiger partial charge >= 0.3 is 5.97 Å². The number of aliphatic hydroxyl groups excluding tert-OH is 5. The zero-order chi connectivity index (χ0) is 67.4. The summed E-state index contributed by atoms with van der Waals surface area (Å²) in [4.78, 5) is 26.8. The van der Waals surface area contributed by atoms with Crippen LogP contribution in [0.5, 0.6) is 0 Å². The molecule has 11 heteroatoms. The second kappa shape index (κ2) is 68.8. The largest absolute Gasteiger partial charge is 0.454 e. The van der Waals surface area contributed by atoms with E-state index in [1.165, 1.54) is 205 Å². The van der Waals surface area contributed by atoms with Crippen LogP contribution in [0, 0.1) is 0 Å². The molecule has 0 radical (unpaired) electrons. The molecular formula is C82H147NO10. The molecule has 0 aromatic rings. The van der Waals surface area contributed by atoms with Crippen molar-refractivity contribution in [2.45, 2.75) is 410 Å². The Morgan fingerprint density at radius 3 is 1.16 bits per heavy atom. The summed E-state index contributed by atoms with van der Waals surface area (Å²) in [5.74, 6) is -1.19. The van der Waals surface area contributed by atoms with Gasteiger partial charge in [0.15, 0.2) is 12.4 Å². The van der Waals surface area contributed by atoms with Gasteiger partial charge in [0, 0.05) is 6.42 Å². The number of unbranched alkanes of at least 4 members (excludes halogenated alkanes) is 42. The standard InChI is InChI=1S/C82H147NO10/c1-4-7-10-13-16-19-22-24-26-28-30-32-34-36-38-40-42-44-46-48-50-52-55-58-61-64-67-70-77(87)93-80-79(89)78(88)76(71-84)92-82(80)91-72-73(74(85)68-65-62-59-56-53-21-18-15-12-9-6-3)83-81(90)75(86)69-66-63-60-57-54-51-49-47-45-43-41-39-37-35-33-31-29-27-25-23-20-17-14-11-8-5-2/h7,10,16,19,24,26,30,32,36,38,42,44,65,68,73-76,78-80,82,84-86,88-89H,4-6,8-9,11-15,17-18,20-23,25,27-29,31,33-35,37,39-41,43,45-64,66-67,69-72H2,1-3H3,(H,83,90)/b10-7-,19-16-,26-24-,32-30-,38-36-,44-42-,68-65+. The Kier molecular flexibility index (Phi) is 65.0. The first-order valence-corrected chi connectivity index (χ1v) is 39.4. The van der Waals surface area contributed by atoms with Gasteiger partial charge in [0.1, 0.15) is 24.4 Å². The smallest absolute Gasteiger partial charge is 0.306 e. The summed E-state index contributed by atoms with van der Waals surface area (Å²) in [7, 11) is 0. The van der Waals surface area contributed by atoms with E-state index in [4.69, 9.17) is 14.2 Å². The molecule has 1 saturated heterocycles. The number of carbonyl (C=O) groups is 2. The summed E-state index contributed by atoms with van der Waals surface area (Å²) in [5, 5.41) is 57.4. The van der Waals surface area contributed by atoms with E-state index in [1.54, 1.807) is 6.08 Å². The molecule has 540 valence electrons. The van der Waals surface area contributed by atoms with Gasteiger partial charge in [-0.3, -0.25) is 9.59 Å². The second-order valence-electron chi connectivity index (χ2n) is 27.1. The molecular weight excluding hydrogens is 1160 g/mol. The summed E-state index contributed by atoms with van der Waals surface area (Å²) in [6, 6.07) is -1.03. The quantitative estimate of drug-likeness (QED) is 0.0195. The van der Waals surface area contributed by atoms with Crippen LogP contribution in [0.25, 0.3) is 0 Å². The van der Waals surface area contributed by atoms with E-state index in [0.29, 0.717) is 19.3 Å². The zero-order valence-electron chi connectivity index (χ0n) is 60.4. The number of esters is 1. The first-order chi connectivity index (χ1) is 45.7. The van der Waals surface area contributed by atoms with Gasteiger partial charge in [-0.15, -0.1) is 0 Å². The van der Waals surface area contributed by atoms with Crippen LogP contribution in [0.15, 0.2) is 85.1 Å². The average molecular weight is 1310 g/mol. The molecule has 0 aromatic heterocycles. The molecule has 0 spiro atoms. The van der Waals surface area contributed by atoms with Crippen molar-refractivity contribution in [3.05, 3.63) is 85.1 Å². The van der Waals surface area contributed by atoms with Crippen LogP contribution in [-0.2, 0) is 23.8 Å². The summed E-state index contributed by atoms with van der Waals surface area (Å²) in [5.41, 5.74) is 0. The summed E-state index contributed by atoms with van der Waals surface area (Å²) in [6.07, 6.45) is 82.1. The van der Waals surface area contributed by atoms with Crippen molar-refractivity contribution >= 4 is 11.9 Å². The molecule has 11 nitrogen and oxygen atoms in total. The fourth-order valence-electron chi connectivity index (χ4n) is 12.2. The SMILES string of the molecule is CC/C=C\C/C=C\C/C=C\C/C=C\C/C=C\C/C=C\CCCCCCCCCCC(=O)OC1C(OCC(NC(=O)C(O)CCCCCCCCCCCCCCCCCCCCCCCCCCCC)C(O)/C=C/CCCCCCCCCCC)OC(CO)C(O)C1O. The Labute approximate surface area is 572 Å². The second-order valence-corrected chi connectivity index (χ2v) is 27.1. The fraction of sp³-hybridized carbons (Fsp3) is 0.805. The highest BCUT2D eigenvalue weighted by atomic mass is 16.7. The number of hydrogen-bond acceptors (Lipinski definition) is 10. The number of rotatable bonds is 68. The van der Waals surface area contributed by atoms with Crippen LogP contribution in [-0.4, -0.2) is 99.6 Å². The van der Waals surface area contributed by atoms with Crippen LogP contribution >= 0.6 is 0 Å². The molecule has 1 fully saturated rings. The molecule has 0 aromatic carbocycles. The minimum atomic E-state index is -1.62. The Morgan fingerprint density at radius 2 is 0.774 bits per heavy atom. The van der Waals surface area contributed by atoms with Crippen molar-refractivity contribution in [2.75, 3.05) is 13.2 Å². The minimum Gasteiger partial charge on any atom is -0.454 e. The maximum Gasteiger partial charge on any atom is 0.306 e. The lowest BCUT2D eigenvalue weighted by Gasteiger charge is -2.41. The van der Waals surface area contributed by atoms with Crippen LogP contribution in [0.1, 0.15) is 361 Å². The zero-order valence-corrected chi connectivity index (χ0v) is 60.4. The maximum absolute atomic E-state index is 13.5. The lowest BCUT2D eigenvalue weighted by Crippen LogP contribution is -2.61. The van der Waals surface area contributed by atoms with Crippen molar-refractivity contribution in [1.82, 2.24) is 5.32 Å². The highest BCUT2D eigenvalue weighted by molar-refractivity contribution is 5.80. The van der Waals surface area contributed by atoms with E-state index in [1.807, 2.05) is 6.08 Å². The Hall–Kier alpha value is -3.16. The number of nitrogens with one attached hydrogen (secondary N) is 1. The topological polar surface area (TPSA) is 175 Å². The van der Waals surface area contributed by atoms with Crippen molar-refractivity contribution < 1.29 is 49.3 Å². The summed E-state index contributed by atoms with van der Waals surface area (Å²) in [6.45, 7) is 5.72. The van der Waals surface area contributed by atoms with Gasteiger partial charge in [-0.05, 0) is 77.0 Å². The monoisotopic (exact) mass is 1310 g/mol. The van der Waals surface area contributed by atoms with Gasteiger partial charge in [-0.2, -0.15) is 0 Å². The van der Waals surface area contributed by atoms with E-state index >= 15 is 0 Å². The molecule has 8 unspecified atom stereocenters. The molecule has 0 bridgehead atoms. The number of carbonyl (C=O) groups excluding carboxylic acids is 2.